The Hall–Kier alpha value is -1.02. The number of hydrogen-bond donors (Lipinski definition) is 1. The molecule has 1 saturated heterocycles. The Kier molecular flexibility index (Phi) is 3.49. The predicted molar refractivity (Wildman–Crippen MR) is 70.2 cm³/mol. The zero-order valence-corrected chi connectivity index (χ0v) is 10.6. The van der Waals surface area contributed by atoms with E-state index in [0.29, 0.717) is 6.04 Å². The minimum atomic E-state index is 0.586. The van der Waals surface area contributed by atoms with Crippen LogP contribution in [0, 0.1) is 13.8 Å². The van der Waals surface area contributed by atoms with Gasteiger partial charge in [0, 0.05) is 24.8 Å². The van der Waals surface area contributed by atoms with E-state index in [4.69, 9.17) is 0 Å². The van der Waals surface area contributed by atoms with Gasteiger partial charge in [0.15, 0.2) is 0 Å². The zero-order valence-electron chi connectivity index (χ0n) is 10.6. The van der Waals surface area contributed by atoms with Crippen LogP contribution in [-0.2, 0) is 0 Å². The molecule has 1 aliphatic heterocycles. The molecule has 0 spiro atoms. The van der Waals surface area contributed by atoms with Crippen LogP contribution in [-0.4, -0.2) is 25.7 Å². The molecule has 16 heavy (non-hydrogen) atoms. The number of benzene rings is 1. The molecule has 0 bridgehead atoms. The summed E-state index contributed by atoms with van der Waals surface area (Å²) >= 11 is 0. The topological polar surface area (TPSA) is 15.3 Å². The lowest BCUT2D eigenvalue weighted by atomic mass is 10.1. The van der Waals surface area contributed by atoms with Crippen LogP contribution in [0.15, 0.2) is 18.2 Å². The molecular formula is C14H22N2. The summed E-state index contributed by atoms with van der Waals surface area (Å²) in [6.07, 6.45) is 1.23. The van der Waals surface area contributed by atoms with Crippen LogP contribution in [0.2, 0.25) is 0 Å². The van der Waals surface area contributed by atoms with Gasteiger partial charge in [0.25, 0.3) is 0 Å². The molecular weight excluding hydrogens is 196 g/mol. The van der Waals surface area contributed by atoms with E-state index in [1.54, 1.807) is 0 Å². The highest BCUT2D eigenvalue weighted by Crippen LogP contribution is 2.24. The smallest absolute Gasteiger partial charge is 0.0401 e. The molecule has 1 aliphatic rings. The van der Waals surface area contributed by atoms with Gasteiger partial charge in [-0.1, -0.05) is 12.1 Å². The second-order valence-corrected chi connectivity index (χ2v) is 4.89. The largest absolute Gasteiger partial charge is 0.367 e. The van der Waals surface area contributed by atoms with Gasteiger partial charge < -0.3 is 10.2 Å². The van der Waals surface area contributed by atoms with E-state index in [9.17, 15) is 0 Å². The third-order valence-corrected chi connectivity index (χ3v) is 3.40. The fourth-order valence-electron chi connectivity index (χ4n) is 2.40. The van der Waals surface area contributed by atoms with Gasteiger partial charge in [-0.15, -0.1) is 0 Å². The SMILES string of the molecule is Cc1ccc(C)c(N2CCCNCC2C)c1. The number of nitrogens with zero attached hydrogens (tertiary/aromatic N) is 1. The first-order valence-corrected chi connectivity index (χ1v) is 6.23. The van der Waals surface area contributed by atoms with Gasteiger partial charge in [-0.2, -0.15) is 0 Å². The number of anilines is 1. The monoisotopic (exact) mass is 218 g/mol. The summed E-state index contributed by atoms with van der Waals surface area (Å²) in [5.41, 5.74) is 4.15. The predicted octanol–water partition coefficient (Wildman–Crippen LogP) is 2.49. The molecule has 2 heteroatoms. The maximum Gasteiger partial charge on any atom is 0.0401 e. The second-order valence-electron chi connectivity index (χ2n) is 4.89. The molecule has 0 aromatic heterocycles. The Bertz CT molecular complexity index is 360. The van der Waals surface area contributed by atoms with Crippen molar-refractivity contribution in [2.45, 2.75) is 33.2 Å². The highest BCUT2D eigenvalue weighted by molar-refractivity contribution is 5.55. The van der Waals surface area contributed by atoms with Crippen LogP contribution >= 0.6 is 0 Å². The number of hydrogen-bond acceptors (Lipinski definition) is 2. The molecule has 1 aromatic rings. The summed E-state index contributed by atoms with van der Waals surface area (Å²) < 4.78 is 0. The van der Waals surface area contributed by atoms with Crippen LogP contribution in [0.5, 0.6) is 0 Å². The Labute approximate surface area is 98.7 Å². The van der Waals surface area contributed by atoms with Gasteiger partial charge in [-0.25, -0.2) is 0 Å². The van der Waals surface area contributed by atoms with E-state index in [-0.39, 0.29) is 0 Å². The molecule has 1 unspecified atom stereocenters. The summed E-state index contributed by atoms with van der Waals surface area (Å²) in [5, 5.41) is 3.49. The minimum absolute atomic E-state index is 0.586. The molecule has 1 atom stereocenters. The van der Waals surface area contributed by atoms with Crippen LogP contribution in [0.1, 0.15) is 24.5 Å². The third-order valence-electron chi connectivity index (χ3n) is 3.40. The summed E-state index contributed by atoms with van der Waals surface area (Å²) in [7, 11) is 0. The molecule has 0 saturated carbocycles. The second kappa shape index (κ2) is 4.88. The van der Waals surface area contributed by atoms with Gasteiger partial charge in [0.05, 0.1) is 0 Å². The molecule has 2 nitrogen and oxygen atoms in total. The summed E-state index contributed by atoms with van der Waals surface area (Å²) in [5.74, 6) is 0. The first kappa shape index (κ1) is 11.5. The van der Waals surface area contributed by atoms with Gasteiger partial charge in [-0.3, -0.25) is 0 Å². The maximum atomic E-state index is 3.49. The van der Waals surface area contributed by atoms with Gasteiger partial charge in [0.2, 0.25) is 0 Å². The average molecular weight is 218 g/mol. The van der Waals surface area contributed by atoms with E-state index >= 15 is 0 Å². The van der Waals surface area contributed by atoms with Crippen molar-refractivity contribution in [3.8, 4) is 0 Å². The van der Waals surface area contributed by atoms with Crippen molar-refractivity contribution >= 4 is 5.69 Å². The first-order chi connectivity index (χ1) is 7.68. The summed E-state index contributed by atoms with van der Waals surface area (Å²) in [4.78, 5) is 2.54. The molecule has 88 valence electrons. The van der Waals surface area contributed by atoms with E-state index in [1.165, 1.54) is 29.8 Å². The first-order valence-electron chi connectivity index (χ1n) is 6.23. The fraction of sp³-hybridized carbons (Fsp3) is 0.571. The van der Waals surface area contributed by atoms with E-state index < -0.39 is 0 Å². The quantitative estimate of drug-likeness (QED) is 0.779. The third kappa shape index (κ3) is 2.38. The van der Waals surface area contributed by atoms with Crippen LogP contribution in [0.4, 0.5) is 5.69 Å². The maximum absolute atomic E-state index is 3.49. The van der Waals surface area contributed by atoms with E-state index in [1.807, 2.05) is 0 Å². The standard InChI is InChI=1S/C14H22N2/c1-11-5-6-12(2)14(9-11)16-8-4-7-15-10-13(16)3/h5-6,9,13,15H,4,7-8,10H2,1-3H3. The number of rotatable bonds is 1. The molecule has 2 rings (SSSR count). The molecule has 1 N–H and O–H groups in total. The van der Waals surface area contributed by atoms with Gasteiger partial charge >= 0.3 is 0 Å². The van der Waals surface area contributed by atoms with Crippen molar-refractivity contribution < 1.29 is 0 Å². The number of nitrogens with one attached hydrogen (secondary N) is 1. The Morgan fingerprint density at radius 1 is 1.31 bits per heavy atom. The van der Waals surface area contributed by atoms with E-state index in [0.717, 1.165) is 13.1 Å². The van der Waals surface area contributed by atoms with E-state index in [2.05, 4.69) is 49.2 Å². The van der Waals surface area contributed by atoms with Crippen molar-refractivity contribution in [2.75, 3.05) is 24.5 Å². The molecule has 1 fully saturated rings. The lowest BCUT2D eigenvalue weighted by Crippen LogP contribution is -2.37. The molecule has 0 radical (unpaired) electrons. The molecule has 1 heterocycles. The van der Waals surface area contributed by atoms with Crippen molar-refractivity contribution in [2.24, 2.45) is 0 Å². The molecule has 0 aliphatic carbocycles. The van der Waals surface area contributed by atoms with Crippen LogP contribution in [0.3, 0.4) is 0 Å². The molecule has 1 aromatic carbocycles. The lowest BCUT2D eigenvalue weighted by Gasteiger charge is -2.30. The molecule has 0 amide bonds. The Balaban J connectivity index is 2.29. The van der Waals surface area contributed by atoms with Crippen molar-refractivity contribution in [3.05, 3.63) is 29.3 Å². The van der Waals surface area contributed by atoms with Crippen LogP contribution in [0.25, 0.3) is 0 Å². The number of aryl methyl sites for hydroxylation is 2. The lowest BCUT2D eigenvalue weighted by molar-refractivity contribution is 0.629. The highest BCUT2D eigenvalue weighted by Gasteiger charge is 2.18. The Morgan fingerprint density at radius 2 is 2.12 bits per heavy atom. The normalized spacial score (nSPS) is 21.9. The summed E-state index contributed by atoms with van der Waals surface area (Å²) in [6, 6.07) is 7.33. The van der Waals surface area contributed by atoms with Crippen molar-refractivity contribution in [3.63, 3.8) is 0 Å². The zero-order chi connectivity index (χ0) is 11.5. The van der Waals surface area contributed by atoms with Crippen molar-refractivity contribution in [1.82, 2.24) is 5.32 Å². The minimum Gasteiger partial charge on any atom is -0.367 e. The summed E-state index contributed by atoms with van der Waals surface area (Å²) in [6.45, 7) is 10.1. The van der Waals surface area contributed by atoms with Crippen molar-refractivity contribution in [1.29, 1.82) is 0 Å². The average Bonchev–Trinajstić information content (AvgIpc) is 2.47. The van der Waals surface area contributed by atoms with Crippen LogP contribution < -0.4 is 10.2 Å². The van der Waals surface area contributed by atoms with Gasteiger partial charge in [-0.05, 0) is 50.9 Å². The fourth-order valence-corrected chi connectivity index (χ4v) is 2.40. The Morgan fingerprint density at radius 3 is 2.94 bits per heavy atom. The highest BCUT2D eigenvalue weighted by atomic mass is 15.2. The van der Waals surface area contributed by atoms with Gasteiger partial charge in [0.1, 0.15) is 0 Å².